The van der Waals surface area contributed by atoms with Crippen LogP contribution in [0.4, 0.5) is 26.3 Å². The van der Waals surface area contributed by atoms with E-state index in [1.807, 2.05) is 0 Å². The molecule has 0 fully saturated rings. The van der Waals surface area contributed by atoms with Gasteiger partial charge in [0.05, 0.1) is 11.1 Å². The Kier molecular flexibility index (Phi) is 4.22. The molecule has 0 saturated heterocycles. The minimum Gasteiger partial charge on any atom is -0.166 e. The topological polar surface area (TPSA) is 0 Å². The first-order chi connectivity index (χ1) is 8.48. The zero-order valence-electron chi connectivity index (χ0n) is 10.7. The molecule has 0 aromatic heterocycles. The summed E-state index contributed by atoms with van der Waals surface area (Å²) in [5, 5.41) is 0. The molecule has 1 unspecified atom stereocenters. The van der Waals surface area contributed by atoms with Crippen molar-refractivity contribution in [2.45, 2.75) is 45.5 Å². The van der Waals surface area contributed by atoms with E-state index in [9.17, 15) is 26.3 Å². The first kappa shape index (κ1) is 15.9. The maximum Gasteiger partial charge on any atom is 0.416 e. The Morgan fingerprint density at radius 3 is 1.58 bits per heavy atom. The van der Waals surface area contributed by atoms with Crippen molar-refractivity contribution in [2.24, 2.45) is 0 Å². The summed E-state index contributed by atoms with van der Waals surface area (Å²) in [6.07, 6.45) is -9.10. The minimum atomic E-state index is -4.78. The molecule has 1 atom stereocenters. The van der Waals surface area contributed by atoms with E-state index in [0.29, 0.717) is 6.42 Å². The maximum absolute atomic E-state index is 12.8. The van der Waals surface area contributed by atoms with Gasteiger partial charge in [-0.1, -0.05) is 13.8 Å². The second kappa shape index (κ2) is 5.06. The Hall–Kier alpha value is -1.20. The van der Waals surface area contributed by atoms with Gasteiger partial charge >= 0.3 is 12.4 Å². The van der Waals surface area contributed by atoms with Gasteiger partial charge in [-0.2, -0.15) is 26.3 Å². The van der Waals surface area contributed by atoms with Crippen molar-refractivity contribution in [3.8, 4) is 0 Å². The summed E-state index contributed by atoms with van der Waals surface area (Å²) >= 11 is 0. The molecule has 1 aromatic rings. The number of rotatable bonds is 2. The molecule has 0 N–H and O–H groups in total. The first-order valence-electron chi connectivity index (χ1n) is 5.77. The van der Waals surface area contributed by atoms with Crippen LogP contribution in [0.25, 0.3) is 0 Å². The van der Waals surface area contributed by atoms with E-state index >= 15 is 0 Å². The molecular formula is C13H14F6. The summed E-state index contributed by atoms with van der Waals surface area (Å²) in [6.45, 7) is 4.17. The van der Waals surface area contributed by atoms with Crippen LogP contribution in [-0.4, -0.2) is 0 Å². The molecule has 0 nitrogen and oxygen atoms in total. The maximum atomic E-state index is 12.8. The molecule has 0 heterocycles. The predicted molar refractivity (Wildman–Crippen MR) is 59.9 cm³/mol. The third kappa shape index (κ3) is 3.42. The lowest BCUT2D eigenvalue weighted by atomic mass is 9.91. The average molecular weight is 284 g/mol. The van der Waals surface area contributed by atoms with Gasteiger partial charge in [-0.05, 0) is 42.5 Å². The zero-order valence-corrected chi connectivity index (χ0v) is 10.7. The summed E-state index contributed by atoms with van der Waals surface area (Å²) < 4.78 is 76.8. The van der Waals surface area contributed by atoms with Crippen molar-refractivity contribution in [2.75, 3.05) is 0 Å². The molecule has 0 aliphatic carbocycles. The third-order valence-electron chi connectivity index (χ3n) is 3.22. The molecule has 0 aliphatic heterocycles. The molecule has 0 saturated carbocycles. The number of hydrogen-bond acceptors (Lipinski definition) is 0. The molecule has 0 radical (unpaired) electrons. The van der Waals surface area contributed by atoms with Crippen molar-refractivity contribution in [3.05, 3.63) is 34.4 Å². The SMILES string of the molecule is CCC(C)c1cc(C(F)(F)F)c(C)c(C(F)(F)F)c1. The van der Waals surface area contributed by atoms with Crippen LogP contribution < -0.4 is 0 Å². The van der Waals surface area contributed by atoms with Crippen molar-refractivity contribution >= 4 is 0 Å². The van der Waals surface area contributed by atoms with Crippen LogP contribution in [0.2, 0.25) is 0 Å². The van der Waals surface area contributed by atoms with Gasteiger partial charge in [0.1, 0.15) is 0 Å². The summed E-state index contributed by atoms with van der Waals surface area (Å²) in [7, 11) is 0. The quantitative estimate of drug-likeness (QED) is 0.625. The van der Waals surface area contributed by atoms with Gasteiger partial charge in [-0.3, -0.25) is 0 Å². The average Bonchev–Trinajstić information content (AvgIpc) is 2.25. The highest BCUT2D eigenvalue weighted by Gasteiger charge is 2.40. The third-order valence-corrected chi connectivity index (χ3v) is 3.22. The highest BCUT2D eigenvalue weighted by Crippen LogP contribution is 2.41. The van der Waals surface area contributed by atoms with E-state index in [1.54, 1.807) is 13.8 Å². The van der Waals surface area contributed by atoms with E-state index in [2.05, 4.69) is 0 Å². The summed E-state index contributed by atoms with van der Waals surface area (Å²) in [6, 6.07) is 1.64. The highest BCUT2D eigenvalue weighted by molar-refractivity contribution is 5.42. The largest absolute Gasteiger partial charge is 0.416 e. The van der Waals surface area contributed by atoms with Gasteiger partial charge in [-0.15, -0.1) is 0 Å². The van der Waals surface area contributed by atoms with Crippen molar-refractivity contribution < 1.29 is 26.3 Å². The van der Waals surface area contributed by atoms with E-state index in [0.717, 1.165) is 19.1 Å². The molecule has 108 valence electrons. The number of hydrogen-bond donors (Lipinski definition) is 0. The van der Waals surface area contributed by atoms with E-state index in [1.165, 1.54) is 0 Å². The van der Waals surface area contributed by atoms with Gasteiger partial charge in [0.25, 0.3) is 0 Å². The normalized spacial score (nSPS) is 14.6. The second-order valence-electron chi connectivity index (χ2n) is 4.55. The van der Waals surface area contributed by atoms with Crippen LogP contribution in [0.5, 0.6) is 0 Å². The Morgan fingerprint density at radius 2 is 1.32 bits per heavy atom. The Balaban J connectivity index is 3.57. The van der Waals surface area contributed by atoms with Crippen molar-refractivity contribution in [1.29, 1.82) is 0 Å². The summed E-state index contributed by atoms with van der Waals surface area (Å²) in [5.74, 6) is -0.359. The second-order valence-corrected chi connectivity index (χ2v) is 4.55. The number of benzene rings is 1. The van der Waals surface area contributed by atoms with Gasteiger partial charge in [-0.25, -0.2) is 0 Å². The fraction of sp³-hybridized carbons (Fsp3) is 0.538. The summed E-state index contributed by atoms with van der Waals surface area (Å²) in [5.41, 5.74) is -3.13. The monoisotopic (exact) mass is 284 g/mol. The molecule has 0 amide bonds. The lowest BCUT2D eigenvalue weighted by Crippen LogP contribution is -2.16. The van der Waals surface area contributed by atoms with Crippen LogP contribution >= 0.6 is 0 Å². The minimum absolute atomic E-state index is 0.0627. The molecule has 1 rings (SSSR count). The van der Waals surface area contributed by atoms with Crippen LogP contribution in [0.15, 0.2) is 12.1 Å². The molecule has 0 aliphatic rings. The lowest BCUT2D eigenvalue weighted by Gasteiger charge is -2.20. The van der Waals surface area contributed by atoms with Crippen LogP contribution in [0, 0.1) is 6.92 Å². The molecule has 19 heavy (non-hydrogen) atoms. The summed E-state index contributed by atoms with van der Waals surface area (Å²) in [4.78, 5) is 0. The van der Waals surface area contributed by atoms with E-state index in [4.69, 9.17) is 0 Å². The Morgan fingerprint density at radius 1 is 0.947 bits per heavy atom. The molecular weight excluding hydrogens is 270 g/mol. The highest BCUT2D eigenvalue weighted by atomic mass is 19.4. The Labute approximate surface area is 107 Å². The van der Waals surface area contributed by atoms with Crippen LogP contribution in [-0.2, 0) is 12.4 Å². The predicted octanol–water partition coefficient (Wildman–Crippen LogP) is 5.55. The first-order valence-corrected chi connectivity index (χ1v) is 5.77. The van der Waals surface area contributed by atoms with Crippen LogP contribution in [0.3, 0.4) is 0 Å². The van der Waals surface area contributed by atoms with Gasteiger partial charge in [0.15, 0.2) is 0 Å². The standard InChI is InChI=1S/C13H14F6/c1-4-7(2)9-5-10(12(14,15)16)8(3)11(6-9)13(17,18)19/h5-7H,4H2,1-3H3. The molecule has 0 bridgehead atoms. The zero-order chi connectivity index (χ0) is 15.0. The fourth-order valence-corrected chi connectivity index (χ4v) is 1.85. The fourth-order valence-electron chi connectivity index (χ4n) is 1.85. The Bertz CT molecular complexity index is 420. The lowest BCUT2D eigenvalue weighted by molar-refractivity contribution is -0.144. The van der Waals surface area contributed by atoms with Crippen molar-refractivity contribution in [1.82, 2.24) is 0 Å². The molecule has 0 spiro atoms. The van der Waals surface area contributed by atoms with Crippen molar-refractivity contribution in [3.63, 3.8) is 0 Å². The molecule has 1 aromatic carbocycles. The van der Waals surface area contributed by atoms with Crippen LogP contribution in [0.1, 0.15) is 48.4 Å². The van der Waals surface area contributed by atoms with Gasteiger partial charge < -0.3 is 0 Å². The smallest absolute Gasteiger partial charge is 0.166 e. The number of alkyl halides is 6. The van der Waals surface area contributed by atoms with Gasteiger partial charge in [0, 0.05) is 0 Å². The molecule has 6 heteroatoms. The number of halogens is 6. The van der Waals surface area contributed by atoms with E-state index in [-0.39, 0.29) is 11.5 Å². The van der Waals surface area contributed by atoms with E-state index < -0.39 is 29.0 Å². The van der Waals surface area contributed by atoms with Gasteiger partial charge in [0.2, 0.25) is 0 Å².